The number of H-pyrrole nitrogens is 2. The number of hydrogen-bond acceptors (Lipinski definition) is 5. The summed E-state index contributed by atoms with van der Waals surface area (Å²) in [4.78, 5) is 35.1. The Morgan fingerprint density at radius 2 is 2.06 bits per heavy atom. The topological polar surface area (TPSA) is 128 Å². The zero-order valence-electron chi connectivity index (χ0n) is 19.1. The molecule has 1 unspecified atom stereocenters. The molecule has 0 fully saturated rings. The molecule has 5 rings (SSSR count). The number of nitriles is 1. The first-order valence-corrected chi connectivity index (χ1v) is 11.6. The average molecular weight is 491 g/mol. The van der Waals surface area contributed by atoms with Gasteiger partial charge in [-0.3, -0.25) is 9.59 Å². The Morgan fingerprint density at radius 3 is 2.77 bits per heavy atom. The minimum absolute atomic E-state index is 0.0389. The van der Waals surface area contributed by atoms with Gasteiger partial charge in [0.2, 0.25) is 5.91 Å². The maximum atomic E-state index is 13.6. The normalized spacial score (nSPS) is 15.1. The second-order valence-corrected chi connectivity index (χ2v) is 9.26. The predicted molar refractivity (Wildman–Crippen MR) is 135 cm³/mol. The molecule has 1 aliphatic rings. The summed E-state index contributed by atoms with van der Waals surface area (Å²) in [7, 11) is 3.64. The van der Waals surface area contributed by atoms with E-state index in [1.165, 1.54) is 0 Å². The van der Waals surface area contributed by atoms with E-state index in [0.717, 1.165) is 10.9 Å². The molecule has 4 N–H and O–H groups in total. The quantitative estimate of drug-likeness (QED) is 0.317. The van der Waals surface area contributed by atoms with Crippen LogP contribution in [0.25, 0.3) is 21.8 Å². The minimum atomic E-state index is -0.261. The van der Waals surface area contributed by atoms with Gasteiger partial charge in [-0.2, -0.15) is 5.26 Å². The maximum Gasteiger partial charge on any atom is 0.274 e. The van der Waals surface area contributed by atoms with Crippen LogP contribution in [-0.2, 0) is 4.79 Å². The second-order valence-electron chi connectivity index (χ2n) is 8.95. The number of likely N-dealkylation sites (N-methyl/N-ethyl adjacent to an activating group) is 1. The van der Waals surface area contributed by atoms with E-state index in [1.54, 1.807) is 40.1 Å². The predicted octanol–water partition coefficient (Wildman–Crippen LogP) is 3.71. The number of aromatic amines is 2. The number of nitrogens with zero attached hydrogens (tertiary/aromatic N) is 3. The standard InChI is InChI=1S/C25H23ClN6O3/c1-31(2)12-22(34)28-15-4-3-13-5-19(30-18(13)7-15)25(35)32-11-14(9-26)23-17-6-16(10-27)29-24(17)21(33)8-20(23)32/h3-8,14,29-30,33H,9,11-12H2,1-2H3,(H,28,34). The number of carbonyl (C=O) groups is 2. The number of phenols is 1. The number of fused-ring (bicyclic) bond motifs is 4. The molecule has 9 nitrogen and oxygen atoms in total. The number of aromatic nitrogens is 2. The van der Waals surface area contributed by atoms with Crippen molar-refractivity contribution in [2.75, 3.05) is 43.3 Å². The van der Waals surface area contributed by atoms with Crippen LogP contribution in [0.3, 0.4) is 0 Å². The number of rotatable bonds is 5. The summed E-state index contributed by atoms with van der Waals surface area (Å²) in [6.07, 6.45) is 0. The van der Waals surface area contributed by atoms with Gasteiger partial charge in [0.05, 0.1) is 17.7 Å². The summed E-state index contributed by atoms with van der Waals surface area (Å²) in [6, 6.07) is 12.5. The average Bonchev–Trinajstić information content (AvgIpc) is 3.52. The fourth-order valence-electron chi connectivity index (χ4n) is 4.68. The summed E-state index contributed by atoms with van der Waals surface area (Å²) in [5.41, 5.74) is 3.92. The first-order valence-electron chi connectivity index (χ1n) is 11.0. The number of alkyl halides is 1. The molecule has 2 amide bonds. The number of amides is 2. The molecule has 3 heterocycles. The molecule has 1 aliphatic heterocycles. The van der Waals surface area contributed by atoms with E-state index in [9.17, 15) is 20.0 Å². The Morgan fingerprint density at radius 1 is 1.26 bits per heavy atom. The van der Waals surface area contributed by atoms with Gasteiger partial charge < -0.3 is 30.2 Å². The number of anilines is 2. The fraction of sp³-hybridized carbons (Fsp3) is 0.240. The number of carbonyl (C=O) groups excluding carboxylic acids is 2. The lowest BCUT2D eigenvalue weighted by molar-refractivity contribution is -0.116. The summed E-state index contributed by atoms with van der Waals surface area (Å²) in [5.74, 6) is -0.296. The Hall–Kier alpha value is -4.00. The lowest BCUT2D eigenvalue weighted by Gasteiger charge is -2.17. The van der Waals surface area contributed by atoms with E-state index in [1.807, 2.05) is 20.2 Å². The fourth-order valence-corrected chi connectivity index (χ4v) is 4.93. The third kappa shape index (κ3) is 3.97. The highest BCUT2D eigenvalue weighted by atomic mass is 35.5. The van der Waals surface area contributed by atoms with Crippen molar-refractivity contribution < 1.29 is 14.7 Å². The summed E-state index contributed by atoms with van der Waals surface area (Å²) in [6.45, 7) is 0.615. The molecule has 1 atom stereocenters. The van der Waals surface area contributed by atoms with Crippen LogP contribution in [0, 0.1) is 11.3 Å². The molecule has 0 saturated heterocycles. The van der Waals surface area contributed by atoms with Crippen LogP contribution in [0.5, 0.6) is 5.75 Å². The third-order valence-corrected chi connectivity index (χ3v) is 6.54. The molecular weight excluding hydrogens is 468 g/mol. The van der Waals surface area contributed by atoms with E-state index in [-0.39, 0.29) is 35.9 Å². The second kappa shape index (κ2) is 8.65. The Kier molecular flexibility index (Phi) is 5.63. The number of phenolic OH excluding ortho intramolecular Hbond substituents is 1. The van der Waals surface area contributed by atoms with E-state index >= 15 is 0 Å². The molecule has 0 aliphatic carbocycles. The van der Waals surface area contributed by atoms with Crippen molar-refractivity contribution in [1.29, 1.82) is 5.26 Å². The molecule has 2 aromatic heterocycles. The van der Waals surface area contributed by atoms with Crippen molar-refractivity contribution in [3.05, 3.63) is 53.3 Å². The van der Waals surface area contributed by atoms with Crippen molar-refractivity contribution >= 4 is 56.6 Å². The highest BCUT2D eigenvalue weighted by Crippen LogP contribution is 2.45. The summed E-state index contributed by atoms with van der Waals surface area (Å²) >= 11 is 6.27. The van der Waals surface area contributed by atoms with Crippen molar-refractivity contribution in [1.82, 2.24) is 14.9 Å². The molecule has 0 saturated carbocycles. The molecule has 4 aromatic rings. The zero-order chi connectivity index (χ0) is 24.9. The maximum absolute atomic E-state index is 13.6. The number of nitrogens with one attached hydrogen (secondary N) is 3. The SMILES string of the molecule is CN(C)CC(=O)Nc1ccc2cc(C(=O)N3CC(CCl)c4c3cc(O)c3[nH]c(C#N)cc43)[nH]c2c1. The minimum Gasteiger partial charge on any atom is -0.506 e. The third-order valence-electron chi connectivity index (χ3n) is 6.16. The van der Waals surface area contributed by atoms with Crippen LogP contribution in [0.15, 0.2) is 36.4 Å². The van der Waals surface area contributed by atoms with Gasteiger partial charge in [-0.15, -0.1) is 11.6 Å². The van der Waals surface area contributed by atoms with Crippen LogP contribution in [0.1, 0.15) is 27.7 Å². The number of hydrogen-bond donors (Lipinski definition) is 4. The highest BCUT2D eigenvalue weighted by molar-refractivity contribution is 6.19. The smallest absolute Gasteiger partial charge is 0.274 e. The van der Waals surface area contributed by atoms with Gasteiger partial charge in [-0.05, 0) is 43.9 Å². The zero-order valence-corrected chi connectivity index (χ0v) is 19.9. The van der Waals surface area contributed by atoms with Gasteiger partial charge in [0, 0.05) is 46.4 Å². The Balaban J connectivity index is 1.49. The highest BCUT2D eigenvalue weighted by Gasteiger charge is 2.36. The molecule has 178 valence electrons. The van der Waals surface area contributed by atoms with E-state index in [0.29, 0.717) is 45.7 Å². The van der Waals surface area contributed by atoms with Crippen LogP contribution in [0.4, 0.5) is 11.4 Å². The molecule has 0 radical (unpaired) electrons. The Bertz CT molecular complexity index is 1530. The van der Waals surface area contributed by atoms with Gasteiger partial charge >= 0.3 is 0 Å². The molecule has 35 heavy (non-hydrogen) atoms. The van der Waals surface area contributed by atoms with Gasteiger partial charge in [0.15, 0.2) is 0 Å². The van der Waals surface area contributed by atoms with E-state index < -0.39 is 0 Å². The van der Waals surface area contributed by atoms with Crippen molar-refractivity contribution in [3.8, 4) is 11.8 Å². The van der Waals surface area contributed by atoms with Crippen LogP contribution >= 0.6 is 11.6 Å². The number of halogens is 1. The molecule has 0 spiro atoms. The first-order chi connectivity index (χ1) is 16.8. The van der Waals surface area contributed by atoms with Crippen molar-refractivity contribution in [3.63, 3.8) is 0 Å². The molecule has 10 heteroatoms. The largest absolute Gasteiger partial charge is 0.506 e. The van der Waals surface area contributed by atoms with Crippen LogP contribution < -0.4 is 10.2 Å². The molecule has 2 aromatic carbocycles. The van der Waals surface area contributed by atoms with Crippen LogP contribution in [-0.4, -0.2) is 64.9 Å². The lowest BCUT2D eigenvalue weighted by atomic mass is 9.99. The number of benzene rings is 2. The van der Waals surface area contributed by atoms with Gasteiger partial charge in [-0.1, -0.05) is 6.07 Å². The first kappa shape index (κ1) is 22.8. The molecular formula is C25H23ClN6O3. The van der Waals surface area contributed by atoms with Gasteiger partial charge in [0.25, 0.3) is 5.91 Å². The van der Waals surface area contributed by atoms with Gasteiger partial charge in [0.1, 0.15) is 23.2 Å². The molecule has 0 bridgehead atoms. The van der Waals surface area contributed by atoms with Crippen molar-refractivity contribution in [2.24, 2.45) is 0 Å². The van der Waals surface area contributed by atoms with E-state index in [2.05, 4.69) is 21.4 Å². The lowest BCUT2D eigenvalue weighted by Crippen LogP contribution is -2.30. The summed E-state index contributed by atoms with van der Waals surface area (Å²) in [5, 5.41) is 24.2. The monoisotopic (exact) mass is 490 g/mol. The number of aromatic hydroxyl groups is 1. The van der Waals surface area contributed by atoms with Crippen LogP contribution in [0.2, 0.25) is 0 Å². The Labute approximate surface area is 205 Å². The summed E-state index contributed by atoms with van der Waals surface area (Å²) < 4.78 is 0. The van der Waals surface area contributed by atoms with Gasteiger partial charge in [-0.25, -0.2) is 0 Å². The van der Waals surface area contributed by atoms with Crippen molar-refractivity contribution in [2.45, 2.75) is 5.92 Å². The van der Waals surface area contributed by atoms with E-state index in [4.69, 9.17) is 11.6 Å².